The highest BCUT2D eigenvalue weighted by atomic mass is 79.9. The molecule has 21 heavy (non-hydrogen) atoms. The Labute approximate surface area is 136 Å². The summed E-state index contributed by atoms with van der Waals surface area (Å²) in [6.07, 6.45) is 0.508. The van der Waals surface area contributed by atoms with E-state index in [1.807, 2.05) is 12.1 Å². The molecule has 0 saturated carbocycles. The molecule has 0 amide bonds. The average molecular weight is 374 g/mol. The second-order valence-corrected chi connectivity index (χ2v) is 5.88. The van der Waals surface area contributed by atoms with Crippen molar-refractivity contribution >= 4 is 27.5 Å². The first kappa shape index (κ1) is 16.2. The second-order valence-electron chi connectivity index (χ2n) is 4.56. The van der Waals surface area contributed by atoms with Crippen LogP contribution in [-0.2, 0) is 6.42 Å². The van der Waals surface area contributed by atoms with Crippen LogP contribution < -0.4 is 16.0 Å². The Morgan fingerprint density at radius 1 is 1.33 bits per heavy atom. The van der Waals surface area contributed by atoms with Crippen LogP contribution in [0.5, 0.6) is 5.75 Å². The highest BCUT2D eigenvalue weighted by Crippen LogP contribution is 2.29. The molecule has 0 fully saturated rings. The maximum Gasteiger partial charge on any atom is 0.165 e. The summed E-state index contributed by atoms with van der Waals surface area (Å²) >= 11 is 9.61. The lowest BCUT2D eigenvalue weighted by Crippen LogP contribution is -2.29. The minimum Gasteiger partial charge on any atom is -0.494 e. The monoisotopic (exact) mass is 372 g/mol. The van der Waals surface area contributed by atoms with E-state index in [2.05, 4.69) is 21.4 Å². The Kier molecular flexibility index (Phi) is 5.58. The number of hydrogen-bond acceptors (Lipinski definition) is 3. The number of hydrogen-bond donors (Lipinski definition) is 2. The normalized spacial score (nSPS) is 12.2. The molecule has 0 bridgehead atoms. The molecule has 0 aromatic heterocycles. The van der Waals surface area contributed by atoms with Crippen molar-refractivity contribution in [2.75, 3.05) is 7.11 Å². The first-order chi connectivity index (χ1) is 10.0. The van der Waals surface area contributed by atoms with Gasteiger partial charge in [-0.05, 0) is 47.9 Å². The number of nitrogens with two attached hydrogens (primary N) is 1. The number of nitrogens with one attached hydrogen (secondary N) is 1. The summed E-state index contributed by atoms with van der Waals surface area (Å²) < 4.78 is 19.6. The van der Waals surface area contributed by atoms with Crippen molar-refractivity contribution in [2.24, 2.45) is 5.84 Å². The maximum absolute atomic E-state index is 13.7. The van der Waals surface area contributed by atoms with Crippen LogP contribution in [0.4, 0.5) is 4.39 Å². The molecular weight excluding hydrogens is 359 g/mol. The molecule has 3 nitrogen and oxygen atoms in total. The lowest BCUT2D eigenvalue weighted by molar-refractivity contribution is 0.386. The van der Waals surface area contributed by atoms with Gasteiger partial charge in [-0.2, -0.15) is 0 Å². The SMILES string of the molecule is COc1ccc(CC(NN)c2cc(Br)ccc2Cl)cc1F. The molecule has 6 heteroatoms. The zero-order chi connectivity index (χ0) is 15.4. The van der Waals surface area contributed by atoms with Gasteiger partial charge in [0, 0.05) is 9.50 Å². The number of rotatable bonds is 5. The molecule has 0 heterocycles. The fourth-order valence-electron chi connectivity index (χ4n) is 2.11. The van der Waals surface area contributed by atoms with Crippen molar-refractivity contribution < 1.29 is 9.13 Å². The molecule has 1 atom stereocenters. The van der Waals surface area contributed by atoms with Crippen molar-refractivity contribution in [1.82, 2.24) is 5.43 Å². The van der Waals surface area contributed by atoms with Crippen molar-refractivity contribution in [2.45, 2.75) is 12.5 Å². The van der Waals surface area contributed by atoms with Crippen LogP contribution in [0.25, 0.3) is 0 Å². The number of benzene rings is 2. The summed E-state index contributed by atoms with van der Waals surface area (Å²) in [5, 5.41) is 0.607. The molecule has 2 aromatic rings. The number of hydrazine groups is 1. The molecule has 3 N–H and O–H groups in total. The molecule has 2 rings (SSSR count). The molecule has 0 aliphatic carbocycles. The first-order valence-corrected chi connectivity index (χ1v) is 7.45. The van der Waals surface area contributed by atoms with Gasteiger partial charge in [-0.1, -0.05) is 33.6 Å². The van der Waals surface area contributed by atoms with Crippen molar-refractivity contribution in [3.63, 3.8) is 0 Å². The predicted molar refractivity (Wildman–Crippen MR) is 85.9 cm³/mol. The Morgan fingerprint density at radius 3 is 2.71 bits per heavy atom. The van der Waals surface area contributed by atoms with E-state index < -0.39 is 5.82 Å². The topological polar surface area (TPSA) is 47.3 Å². The smallest absolute Gasteiger partial charge is 0.165 e. The summed E-state index contributed by atoms with van der Waals surface area (Å²) in [6.45, 7) is 0. The third-order valence-electron chi connectivity index (χ3n) is 3.19. The molecule has 112 valence electrons. The molecule has 0 aliphatic rings. The lowest BCUT2D eigenvalue weighted by atomic mass is 9.99. The zero-order valence-electron chi connectivity index (χ0n) is 11.4. The lowest BCUT2D eigenvalue weighted by Gasteiger charge is -2.18. The van der Waals surface area contributed by atoms with E-state index >= 15 is 0 Å². The summed E-state index contributed by atoms with van der Waals surface area (Å²) in [5.74, 6) is 5.45. The number of methoxy groups -OCH3 is 1. The van der Waals surface area contributed by atoms with Gasteiger partial charge in [0.15, 0.2) is 11.6 Å². The van der Waals surface area contributed by atoms with Crippen molar-refractivity contribution in [1.29, 1.82) is 0 Å². The van der Waals surface area contributed by atoms with Gasteiger partial charge in [0.2, 0.25) is 0 Å². The Bertz CT molecular complexity index is 639. The fourth-order valence-corrected chi connectivity index (χ4v) is 2.74. The molecule has 0 radical (unpaired) electrons. The minimum atomic E-state index is -0.397. The standard InChI is InChI=1S/C15H15BrClFN2O/c1-21-15-5-2-9(6-13(15)18)7-14(20-19)11-8-10(16)3-4-12(11)17/h2-6,8,14,20H,7,19H2,1H3. The highest BCUT2D eigenvalue weighted by molar-refractivity contribution is 9.10. The van der Waals surface area contributed by atoms with E-state index in [9.17, 15) is 4.39 Å². The fraction of sp³-hybridized carbons (Fsp3) is 0.200. The van der Waals surface area contributed by atoms with Crippen molar-refractivity contribution in [3.8, 4) is 5.75 Å². The molecule has 2 aromatic carbocycles. The Morgan fingerprint density at radius 2 is 2.10 bits per heavy atom. The molecule has 0 spiro atoms. The van der Waals surface area contributed by atoms with E-state index in [1.165, 1.54) is 13.2 Å². The van der Waals surface area contributed by atoms with E-state index in [4.69, 9.17) is 22.2 Å². The van der Waals surface area contributed by atoms with Gasteiger partial charge in [0.05, 0.1) is 13.2 Å². The van der Waals surface area contributed by atoms with Crippen LogP contribution in [0.15, 0.2) is 40.9 Å². The molecule has 1 unspecified atom stereocenters. The van der Waals surface area contributed by atoms with Gasteiger partial charge in [-0.15, -0.1) is 0 Å². The van der Waals surface area contributed by atoms with Crippen LogP contribution >= 0.6 is 27.5 Å². The Balaban J connectivity index is 2.26. The van der Waals surface area contributed by atoms with Gasteiger partial charge in [0.25, 0.3) is 0 Å². The molecular formula is C15H15BrClFN2O. The summed E-state index contributed by atoms with van der Waals surface area (Å²) in [7, 11) is 1.43. The van der Waals surface area contributed by atoms with Crippen LogP contribution in [0.1, 0.15) is 17.2 Å². The Hall–Kier alpha value is -1.14. The van der Waals surface area contributed by atoms with Crippen LogP contribution in [-0.4, -0.2) is 7.11 Å². The quantitative estimate of drug-likeness (QED) is 0.615. The van der Waals surface area contributed by atoms with Gasteiger partial charge >= 0.3 is 0 Å². The van der Waals surface area contributed by atoms with Crippen LogP contribution in [0.3, 0.4) is 0 Å². The maximum atomic E-state index is 13.7. The van der Waals surface area contributed by atoms with Gasteiger partial charge in [0.1, 0.15) is 0 Å². The largest absolute Gasteiger partial charge is 0.494 e. The van der Waals surface area contributed by atoms with Crippen molar-refractivity contribution in [3.05, 3.63) is 62.8 Å². The summed E-state index contributed by atoms with van der Waals surface area (Å²) in [4.78, 5) is 0. The highest BCUT2D eigenvalue weighted by Gasteiger charge is 2.15. The predicted octanol–water partition coefficient (Wildman–Crippen LogP) is 4.00. The van der Waals surface area contributed by atoms with E-state index in [0.29, 0.717) is 11.4 Å². The van der Waals surface area contributed by atoms with Crippen LogP contribution in [0.2, 0.25) is 5.02 Å². The van der Waals surface area contributed by atoms with E-state index in [1.54, 1.807) is 18.2 Å². The number of ether oxygens (including phenoxy) is 1. The molecule has 0 saturated heterocycles. The van der Waals surface area contributed by atoms with Gasteiger partial charge in [-0.3, -0.25) is 11.3 Å². The summed E-state index contributed by atoms with van der Waals surface area (Å²) in [5.41, 5.74) is 4.37. The minimum absolute atomic E-state index is 0.219. The van der Waals surface area contributed by atoms with Gasteiger partial charge in [-0.25, -0.2) is 4.39 Å². The third kappa shape index (κ3) is 3.95. The average Bonchev–Trinajstić information content (AvgIpc) is 2.47. The zero-order valence-corrected chi connectivity index (χ0v) is 13.7. The molecule has 0 aliphatic heterocycles. The van der Waals surface area contributed by atoms with E-state index in [0.717, 1.165) is 15.6 Å². The van der Waals surface area contributed by atoms with Gasteiger partial charge < -0.3 is 4.74 Å². The number of halogens is 3. The second kappa shape index (κ2) is 7.22. The third-order valence-corrected chi connectivity index (χ3v) is 4.03. The van der Waals surface area contributed by atoms with E-state index in [-0.39, 0.29) is 11.8 Å². The first-order valence-electron chi connectivity index (χ1n) is 6.28. The summed E-state index contributed by atoms with van der Waals surface area (Å²) in [6, 6.07) is 10.2. The van der Waals surface area contributed by atoms with Crippen LogP contribution in [0, 0.1) is 5.82 Å².